The number of nitrogens with one attached hydrogen (secondary N) is 1. The molecule has 0 saturated carbocycles. The summed E-state index contributed by atoms with van der Waals surface area (Å²) >= 11 is 0. The first-order chi connectivity index (χ1) is 29.0. The highest BCUT2D eigenvalue weighted by atomic mass is 16.3. The molecule has 348 valence electrons. The maximum atomic E-state index is 12.5. The van der Waals surface area contributed by atoms with Crippen molar-refractivity contribution in [1.82, 2.24) is 5.32 Å². The number of aliphatic hydroxyl groups excluding tert-OH is 3. The zero-order valence-electron chi connectivity index (χ0n) is 39.6. The fraction of sp³-hybridized carbons (Fsp3) is 0.870. The van der Waals surface area contributed by atoms with E-state index in [1.807, 2.05) is 6.08 Å². The van der Waals surface area contributed by atoms with Gasteiger partial charge >= 0.3 is 0 Å². The van der Waals surface area contributed by atoms with Crippen molar-refractivity contribution in [2.45, 2.75) is 295 Å². The molecule has 0 aliphatic rings. The molecule has 0 aromatic carbocycles. The summed E-state index contributed by atoms with van der Waals surface area (Å²) in [7, 11) is 0. The van der Waals surface area contributed by atoms with Gasteiger partial charge < -0.3 is 20.6 Å². The molecule has 0 fully saturated rings. The van der Waals surface area contributed by atoms with Gasteiger partial charge in [-0.25, -0.2) is 0 Å². The van der Waals surface area contributed by atoms with Gasteiger partial charge in [0.25, 0.3) is 0 Å². The first-order valence-corrected chi connectivity index (χ1v) is 26.3. The van der Waals surface area contributed by atoms with E-state index in [9.17, 15) is 20.1 Å². The zero-order chi connectivity index (χ0) is 43.0. The molecule has 0 bridgehead atoms. The van der Waals surface area contributed by atoms with Crippen molar-refractivity contribution in [1.29, 1.82) is 0 Å². The van der Waals surface area contributed by atoms with Crippen molar-refractivity contribution >= 4 is 5.91 Å². The molecule has 0 spiro atoms. The predicted molar refractivity (Wildman–Crippen MR) is 259 cm³/mol. The average molecular weight is 830 g/mol. The Balaban J connectivity index is 3.62. The lowest BCUT2D eigenvalue weighted by Crippen LogP contribution is -2.45. The van der Waals surface area contributed by atoms with E-state index >= 15 is 0 Å². The number of carbonyl (C=O) groups excluding carboxylic acids is 1. The van der Waals surface area contributed by atoms with E-state index in [-0.39, 0.29) is 18.9 Å². The van der Waals surface area contributed by atoms with Crippen molar-refractivity contribution in [2.75, 3.05) is 6.61 Å². The van der Waals surface area contributed by atoms with Crippen molar-refractivity contribution in [3.63, 3.8) is 0 Å². The van der Waals surface area contributed by atoms with Gasteiger partial charge in [-0.05, 0) is 51.4 Å². The van der Waals surface area contributed by atoms with Crippen LogP contribution in [-0.4, -0.2) is 46.1 Å². The Morgan fingerprint density at radius 3 is 1.12 bits per heavy atom. The fourth-order valence-electron chi connectivity index (χ4n) is 8.14. The van der Waals surface area contributed by atoms with Gasteiger partial charge in [0.1, 0.15) is 0 Å². The van der Waals surface area contributed by atoms with Gasteiger partial charge in [-0.3, -0.25) is 4.79 Å². The average Bonchev–Trinajstić information content (AvgIpc) is 3.23. The van der Waals surface area contributed by atoms with Crippen LogP contribution >= 0.6 is 0 Å². The molecule has 59 heavy (non-hydrogen) atoms. The summed E-state index contributed by atoms with van der Waals surface area (Å²) in [6.45, 7) is 4.24. The van der Waals surface area contributed by atoms with Crippen LogP contribution in [-0.2, 0) is 4.79 Å². The molecule has 4 N–H and O–H groups in total. The minimum absolute atomic E-state index is 0.00884. The normalized spacial score (nSPS) is 13.6. The maximum Gasteiger partial charge on any atom is 0.222 e. The molecule has 1 amide bonds. The summed E-state index contributed by atoms with van der Waals surface area (Å²) in [4.78, 5) is 12.5. The minimum Gasteiger partial charge on any atom is -0.394 e. The topological polar surface area (TPSA) is 89.8 Å². The second-order valence-corrected chi connectivity index (χ2v) is 18.1. The monoisotopic (exact) mass is 830 g/mol. The summed E-state index contributed by atoms with van der Waals surface area (Å²) < 4.78 is 0. The second-order valence-electron chi connectivity index (χ2n) is 18.1. The van der Waals surface area contributed by atoms with Crippen LogP contribution in [0.2, 0.25) is 0 Å². The lowest BCUT2D eigenvalue weighted by molar-refractivity contribution is -0.124. The van der Waals surface area contributed by atoms with Gasteiger partial charge in [0.05, 0.1) is 31.3 Å². The zero-order valence-corrected chi connectivity index (χ0v) is 39.6. The first kappa shape index (κ1) is 57.6. The van der Waals surface area contributed by atoms with Gasteiger partial charge in [0, 0.05) is 0 Å². The predicted octanol–water partition coefficient (Wildman–Crippen LogP) is 15.9. The van der Waals surface area contributed by atoms with E-state index in [4.69, 9.17) is 0 Å². The van der Waals surface area contributed by atoms with E-state index in [2.05, 4.69) is 43.5 Å². The molecule has 0 aromatic rings. The molecule has 5 heteroatoms. The molecule has 3 unspecified atom stereocenters. The maximum absolute atomic E-state index is 12.5. The minimum atomic E-state index is -0.932. The van der Waals surface area contributed by atoms with E-state index in [1.165, 1.54) is 218 Å². The highest BCUT2D eigenvalue weighted by Crippen LogP contribution is 2.16. The number of rotatable bonds is 48. The Labute approximate surface area is 368 Å². The first-order valence-electron chi connectivity index (χ1n) is 26.3. The summed E-state index contributed by atoms with van der Waals surface area (Å²) in [5.74, 6) is -0.318. The van der Waals surface area contributed by atoms with Crippen molar-refractivity contribution < 1.29 is 20.1 Å². The molecule has 0 aliphatic carbocycles. The Kier molecular flexibility index (Phi) is 48.0. The number of carbonyl (C=O) groups is 1. The van der Waals surface area contributed by atoms with E-state index in [0.29, 0.717) is 6.42 Å². The third kappa shape index (κ3) is 45.9. The Morgan fingerprint density at radius 2 is 0.763 bits per heavy atom. The standard InChI is InChI=1S/C54H103NO4/c1-3-5-7-9-11-13-15-17-19-21-23-25-26-28-29-31-33-35-37-39-41-43-45-47-51(57)49-54(59)55-52(50-56)53(58)48-46-44-42-40-38-36-34-32-30-27-24-22-20-18-16-14-12-10-8-6-4-2/h23,25,28-29,46,48,51-53,56-58H,3-22,24,26-27,30-45,47,49-50H2,1-2H3,(H,55,59)/b25-23-,29-28-,48-46+. The van der Waals surface area contributed by atoms with E-state index < -0.39 is 18.2 Å². The van der Waals surface area contributed by atoms with Crippen LogP contribution in [0, 0.1) is 0 Å². The summed E-state index contributed by atoms with van der Waals surface area (Å²) in [6, 6.07) is -0.748. The summed E-state index contributed by atoms with van der Waals surface area (Å²) in [6.07, 6.45) is 63.1. The quantitative estimate of drug-likeness (QED) is 0.0363. The lowest BCUT2D eigenvalue weighted by Gasteiger charge is -2.21. The number of aliphatic hydroxyl groups is 3. The molecular weight excluding hydrogens is 727 g/mol. The highest BCUT2D eigenvalue weighted by Gasteiger charge is 2.20. The molecule has 0 rings (SSSR count). The van der Waals surface area contributed by atoms with Gasteiger partial charge in [-0.1, -0.05) is 256 Å². The van der Waals surface area contributed by atoms with Crippen LogP contribution in [0.1, 0.15) is 277 Å². The van der Waals surface area contributed by atoms with Gasteiger partial charge in [-0.2, -0.15) is 0 Å². The number of amides is 1. The van der Waals surface area contributed by atoms with Crippen LogP contribution in [0.25, 0.3) is 0 Å². The molecule has 3 atom stereocenters. The van der Waals surface area contributed by atoms with Gasteiger partial charge in [-0.15, -0.1) is 0 Å². The Morgan fingerprint density at radius 1 is 0.441 bits per heavy atom. The summed E-state index contributed by atoms with van der Waals surface area (Å²) in [5, 5.41) is 33.4. The van der Waals surface area contributed by atoms with Gasteiger partial charge in [0.2, 0.25) is 5.91 Å². The SMILES string of the molecule is CCCCCCCCCCC/C=C\C/C=C\CCCCCCCCCC(O)CC(=O)NC(CO)C(O)/C=C/CCCCCCCCCCCCCCCCCCCCC. The van der Waals surface area contributed by atoms with Crippen molar-refractivity contribution in [2.24, 2.45) is 0 Å². The molecule has 0 aliphatic heterocycles. The largest absolute Gasteiger partial charge is 0.394 e. The number of hydrogen-bond donors (Lipinski definition) is 4. The third-order valence-corrected chi connectivity index (χ3v) is 12.2. The fourth-order valence-corrected chi connectivity index (χ4v) is 8.14. The van der Waals surface area contributed by atoms with E-state index in [0.717, 1.165) is 32.1 Å². The number of hydrogen-bond acceptors (Lipinski definition) is 4. The molecule has 0 radical (unpaired) electrons. The number of allylic oxidation sites excluding steroid dienone is 5. The molecule has 5 nitrogen and oxygen atoms in total. The Bertz CT molecular complexity index is 916. The number of unbranched alkanes of at least 4 members (excludes halogenated alkanes) is 35. The van der Waals surface area contributed by atoms with Crippen LogP contribution in [0.5, 0.6) is 0 Å². The van der Waals surface area contributed by atoms with Crippen LogP contribution in [0.3, 0.4) is 0 Å². The smallest absolute Gasteiger partial charge is 0.222 e. The van der Waals surface area contributed by atoms with Crippen LogP contribution < -0.4 is 5.32 Å². The van der Waals surface area contributed by atoms with Gasteiger partial charge in [0.15, 0.2) is 0 Å². The third-order valence-electron chi connectivity index (χ3n) is 12.2. The van der Waals surface area contributed by atoms with Crippen LogP contribution in [0.15, 0.2) is 36.5 Å². The molecule has 0 saturated heterocycles. The molecule has 0 aromatic heterocycles. The second kappa shape index (κ2) is 49.2. The highest BCUT2D eigenvalue weighted by molar-refractivity contribution is 5.76. The molecular formula is C54H103NO4. The van der Waals surface area contributed by atoms with Crippen LogP contribution in [0.4, 0.5) is 0 Å². The Hall–Kier alpha value is -1.43. The van der Waals surface area contributed by atoms with Crippen molar-refractivity contribution in [3.05, 3.63) is 36.5 Å². The van der Waals surface area contributed by atoms with E-state index in [1.54, 1.807) is 6.08 Å². The lowest BCUT2D eigenvalue weighted by atomic mass is 10.0. The van der Waals surface area contributed by atoms with Crippen molar-refractivity contribution in [3.8, 4) is 0 Å². The summed E-state index contributed by atoms with van der Waals surface area (Å²) in [5.41, 5.74) is 0. The molecule has 0 heterocycles.